The average Bonchev–Trinajstić information content (AvgIpc) is 2.81. The Morgan fingerprint density at radius 2 is 2.00 bits per heavy atom. The molecule has 1 aromatic carbocycles. The molecule has 1 heterocycles. The van der Waals surface area contributed by atoms with Crippen molar-refractivity contribution in [2.45, 2.75) is 6.92 Å². The quantitative estimate of drug-likeness (QED) is 0.812. The van der Waals surface area contributed by atoms with Crippen LogP contribution in [0.4, 0.5) is 5.13 Å². The molecular weight excluding hydrogens is 250 g/mol. The van der Waals surface area contributed by atoms with E-state index in [0.717, 1.165) is 21.6 Å². The van der Waals surface area contributed by atoms with Gasteiger partial charge in [0.1, 0.15) is 11.6 Å². The minimum atomic E-state index is 0.541. The minimum absolute atomic E-state index is 0.541. The molecule has 0 radical (unpaired) electrons. The normalized spacial score (nSPS) is 10.1. The van der Waals surface area contributed by atoms with E-state index in [1.165, 1.54) is 11.3 Å². The van der Waals surface area contributed by atoms with Crippen molar-refractivity contribution < 1.29 is 9.47 Å². The molecular formula is C12H15N3O2S. The first-order valence-electron chi connectivity index (χ1n) is 5.59. The van der Waals surface area contributed by atoms with Gasteiger partial charge in [-0.1, -0.05) is 23.5 Å². The van der Waals surface area contributed by atoms with Gasteiger partial charge >= 0.3 is 0 Å². The van der Waals surface area contributed by atoms with E-state index in [0.29, 0.717) is 13.2 Å². The highest BCUT2D eigenvalue weighted by Crippen LogP contribution is 2.25. The van der Waals surface area contributed by atoms with E-state index in [9.17, 15) is 0 Å². The summed E-state index contributed by atoms with van der Waals surface area (Å²) in [4.78, 5) is 0. The van der Waals surface area contributed by atoms with Gasteiger partial charge in [-0.15, -0.1) is 10.2 Å². The number of aromatic nitrogens is 2. The first-order chi connectivity index (χ1) is 8.79. The Bertz CT molecular complexity index is 502. The highest BCUT2D eigenvalue weighted by molar-refractivity contribution is 7.15. The molecule has 0 aliphatic heterocycles. The zero-order chi connectivity index (χ0) is 12.8. The van der Waals surface area contributed by atoms with Crippen molar-refractivity contribution in [3.63, 3.8) is 0 Å². The van der Waals surface area contributed by atoms with Crippen molar-refractivity contribution in [3.05, 3.63) is 29.3 Å². The molecule has 0 aliphatic rings. The fraction of sp³-hybridized carbons (Fsp3) is 0.333. The molecule has 18 heavy (non-hydrogen) atoms. The lowest BCUT2D eigenvalue weighted by Crippen LogP contribution is -2.11. The minimum Gasteiger partial charge on any atom is -0.493 e. The van der Waals surface area contributed by atoms with Crippen LogP contribution in [0.25, 0.3) is 0 Å². The van der Waals surface area contributed by atoms with Crippen LogP contribution in [0, 0.1) is 6.92 Å². The number of anilines is 1. The summed E-state index contributed by atoms with van der Waals surface area (Å²) in [5.74, 6) is 1.49. The van der Waals surface area contributed by atoms with Crippen LogP contribution >= 0.6 is 11.3 Å². The van der Waals surface area contributed by atoms with E-state index in [4.69, 9.17) is 9.47 Å². The fourth-order valence-electron chi connectivity index (χ4n) is 1.42. The van der Waals surface area contributed by atoms with Gasteiger partial charge in [0, 0.05) is 0 Å². The smallest absolute Gasteiger partial charge is 0.205 e. The van der Waals surface area contributed by atoms with Crippen molar-refractivity contribution in [3.8, 4) is 11.5 Å². The number of aryl methyl sites for hydroxylation is 1. The zero-order valence-electron chi connectivity index (χ0n) is 10.3. The van der Waals surface area contributed by atoms with E-state index in [1.807, 2.05) is 31.2 Å². The Balaban J connectivity index is 1.78. The van der Waals surface area contributed by atoms with E-state index in [-0.39, 0.29) is 0 Å². The third kappa shape index (κ3) is 3.33. The topological polar surface area (TPSA) is 56.3 Å². The molecule has 96 valence electrons. The van der Waals surface area contributed by atoms with Gasteiger partial charge in [-0.05, 0) is 19.1 Å². The molecule has 6 heteroatoms. The molecule has 0 bridgehead atoms. The maximum atomic E-state index is 5.63. The van der Waals surface area contributed by atoms with E-state index in [1.54, 1.807) is 7.11 Å². The first kappa shape index (κ1) is 12.6. The molecule has 0 unspecified atom stereocenters. The number of nitrogens with zero attached hydrogens (tertiary/aromatic N) is 2. The van der Waals surface area contributed by atoms with Gasteiger partial charge < -0.3 is 14.8 Å². The van der Waals surface area contributed by atoms with Crippen LogP contribution < -0.4 is 14.8 Å². The second-order valence-electron chi connectivity index (χ2n) is 3.55. The SMILES string of the molecule is COc1ccccc1OCCNc1nnc(C)s1. The summed E-state index contributed by atoms with van der Waals surface area (Å²) >= 11 is 1.53. The summed E-state index contributed by atoms with van der Waals surface area (Å²) in [6, 6.07) is 7.58. The molecule has 0 atom stereocenters. The third-order valence-electron chi connectivity index (χ3n) is 2.23. The highest BCUT2D eigenvalue weighted by Gasteiger charge is 2.02. The van der Waals surface area contributed by atoms with Gasteiger partial charge in [0.05, 0.1) is 13.7 Å². The summed E-state index contributed by atoms with van der Waals surface area (Å²) < 4.78 is 10.8. The molecule has 2 rings (SSSR count). The molecule has 0 fully saturated rings. The van der Waals surface area contributed by atoms with Crippen molar-refractivity contribution in [2.24, 2.45) is 0 Å². The van der Waals surface area contributed by atoms with Crippen molar-refractivity contribution in [2.75, 3.05) is 25.6 Å². The Kier molecular flexibility index (Phi) is 4.35. The number of para-hydroxylation sites is 2. The van der Waals surface area contributed by atoms with Crippen LogP contribution in [0.5, 0.6) is 11.5 Å². The second kappa shape index (κ2) is 6.20. The number of methoxy groups -OCH3 is 1. The third-order valence-corrected chi connectivity index (χ3v) is 3.03. The number of ether oxygens (including phenoxy) is 2. The number of benzene rings is 1. The van der Waals surface area contributed by atoms with Gasteiger partial charge in [-0.2, -0.15) is 0 Å². The van der Waals surface area contributed by atoms with E-state index < -0.39 is 0 Å². The maximum Gasteiger partial charge on any atom is 0.205 e. The predicted molar refractivity (Wildman–Crippen MR) is 71.6 cm³/mol. The van der Waals surface area contributed by atoms with Crippen LogP contribution in [-0.2, 0) is 0 Å². The summed E-state index contributed by atoms with van der Waals surface area (Å²) in [6.45, 7) is 3.14. The van der Waals surface area contributed by atoms with Crippen LogP contribution in [0.1, 0.15) is 5.01 Å². The second-order valence-corrected chi connectivity index (χ2v) is 4.73. The molecule has 0 aliphatic carbocycles. The zero-order valence-corrected chi connectivity index (χ0v) is 11.2. The van der Waals surface area contributed by atoms with Gasteiger partial charge in [0.2, 0.25) is 5.13 Å². The van der Waals surface area contributed by atoms with E-state index in [2.05, 4.69) is 15.5 Å². The average molecular weight is 265 g/mol. The Labute approximate surface area is 110 Å². The number of rotatable bonds is 6. The largest absolute Gasteiger partial charge is 0.493 e. The number of nitrogens with one attached hydrogen (secondary N) is 1. The van der Waals surface area contributed by atoms with Gasteiger partial charge in [0.15, 0.2) is 11.5 Å². The maximum absolute atomic E-state index is 5.63. The van der Waals surface area contributed by atoms with Crippen molar-refractivity contribution >= 4 is 16.5 Å². The van der Waals surface area contributed by atoms with Crippen LogP contribution in [0.15, 0.2) is 24.3 Å². The van der Waals surface area contributed by atoms with E-state index >= 15 is 0 Å². The van der Waals surface area contributed by atoms with Gasteiger partial charge in [0.25, 0.3) is 0 Å². The van der Waals surface area contributed by atoms with Gasteiger partial charge in [-0.25, -0.2) is 0 Å². The summed E-state index contributed by atoms with van der Waals surface area (Å²) in [5, 5.41) is 12.8. The predicted octanol–water partition coefficient (Wildman–Crippen LogP) is 2.35. The lowest BCUT2D eigenvalue weighted by molar-refractivity contribution is 0.306. The van der Waals surface area contributed by atoms with Crippen LogP contribution in [0.3, 0.4) is 0 Å². The Hall–Kier alpha value is -1.82. The molecule has 0 saturated heterocycles. The monoisotopic (exact) mass is 265 g/mol. The molecule has 0 spiro atoms. The lowest BCUT2D eigenvalue weighted by Gasteiger charge is -2.10. The van der Waals surface area contributed by atoms with Crippen molar-refractivity contribution in [1.29, 1.82) is 0 Å². The molecule has 0 saturated carbocycles. The summed E-state index contributed by atoms with van der Waals surface area (Å²) in [7, 11) is 1.63. The molecule has 0 amide bonds. The molecule has 1 N–H and O–H groups in total. The molecule has 2 aromatic rings. The van der Waals surface area contributed by atoms with Crippen LogP contribution in [0.2, 0.25) is 0 Å². The van der Waals surface area contributed by atoms with Crippen LogP contribution in [-0.4, -0.2) is 30.5 Å². The molecule has 5 nitrogen and oxygen atoms in total. The standard InChI is InChI=1S/C12H15N3O2S/c1-9-14-15-12(18-9)13-7-8-17-11-6-4-3-5-10(11)16-2/h3-6H,7-8H2,1-2H3,(H,13,15). The van der Waals surface area contributed by atoms with Gasteiger partial charge in [-0.3, -0.25) is 0 Å². The highest BCUT2D eigenvalue weighted by atomic mass is 32.1. The molecule has 1 aromatic heterocycles. The summed E-state index contributed by atoms with van der Waals surface area (Å²) in [6.07, 6.45) is 0. The van der Waals surface area contributed by atoms with Crippen molar-refractivity contribution in [1.82, 2.24) is 10.2 Å². The number of hydrogen-bond donors (Lipinski definition) is 1. The number of hydrogen-bond acceptors (Lipinski definition) is 6. The lowest BCUT2D eigenvalue weighted by atomic mass is 10.3. The Morgan fingerprint density at radius 1 is 1.22 bits per heavy atom. The summed E-state index contributed by atoms with van der Waals surface area (Å²) in [5.41, 5.74) is 0. The first-order valence-corrected chi connectivity index (χ1v) is 6.41. The Morgan fingerprint density at radius 3 is 2.67 bits per heavy atom. The fourth-order valence-corrected chi connectivity index (χ4v) is 2.04.